The average Bonchev–Trinajstić information content (AvgIpc) is 2.34. The molecular formula is C11H22N2O3S2. The van der Waals surface area contributed by atoms with E-state index in [-0.39, 0.29) is 23.9 Å². The fourth-order valence-electron chi connectivity index (χ4n) is 1.17. The Morgan fingerprint density at radius 1 is 1.17 bits per heavy atom. The number of hydrogen-bond donors (Lipinski definition) is 3. The summed E-state index contributed by atoms with van der Waals surface area (Å²) in [6.45, 7) is 5.20. The van der Waals surface area contributed by atoms with E-state index in [1.807, 2.05) is 13.8 Å². The van der Waals surface area contributed by atoms with Gasteiger partial charge in [-0.05, 0) is 33.1 Å². The Kier molecular flexibility index (Phi) is 11.4. The summed E-state index contributed by atoms with van der Waals surface area (Å²) in [6.07, 6.45) is 2.84. The summed E-state index contributed by atoms with van der Waals surface area (Å²) in [5, 5.41) is 5.36. The molecule has 2 N–H and O–H groups in total. The minimum atomic E-state index is -0.127. The molecule has 18 heavy (non-hydrogen) atoms. The highest BCUT2D eigenvalue weighted by atomic mass is 33.1. The lowest BCUT2D eigenvalue weighted by Crippen LogP contribution is -2.29. The molecule has 0 aromatic rings. The molecule has 0 atom stereocenters. The number of unbranched alkanes of at least 4 members (excludes halogenated alkanes) is 2. The van der Waals surface area contributed by atoms with Gasteiger partial charge in [-0.3, -0.25) is 9.59 Å². The van der Waals surface area contributed by atoms with Gasteiger partial charge in [-0.1, -0.05) is 0 Å². The van der Waals surface area contributed by atoms with Gasteiger partial charge >= 0.3 is 0 Å². The Balaban J connectivity index is 3.25. The summed E-state index contributed by atoms with van der Waals surface area (Å²) in [5.41, 5.74) is 0. The van der Waals surface area contributed by atoms with Crippen molar-refractivity contribution in [1.29, 1.82) is 0 Å². The Morgan fingerprint density at radius 2 is 1.78 bits per heavy atom. The fourth-order valence-corrected chi connectivity index (χ4v) is 1.53. The molecule has 0 aliphatic carbocycles. The van der Waals surface area contributed by atoms with Crippen molar-refractivity contribution in [3.8, 4) is 0 Å². The first-order valence-corrected chi connectivity index (χ1v) is 7.90. The molecule has 7 heteroatoms. The van der Waals surface area contributed by atoms with Crippen molar-refractivity contribution < 1.29 is 14.3 Å². The average molecular weight is 294 g/mol. The molecule has 0 saturated heterocycles. The molecule has 2 amide bonds. The highest BCUT2D eigenvalue weighted by molar-refractivity contribution is 8.74. The first-order chi connectivity index (χ1) is 8.56. The molecule has 0 aromatic carbocycles. The lowest BCUT2D eigenvalue weighted by Gasteiger charge is -2.08. The van der Waals surface area contributed by atoms with E-state index in [0.29, 0.717) is 13.1 Å². The lowest BCUT2D eigenvalue weighted by molar-refractivity contribution is -0.127. The number of rotatable bonds is 9. The fraction of sp³-hybridized carbons (Fsp3) is 0.818. The third kappa shape index (κ3) is 12.1. The van der Waals surface area contributed by atoms with E-state index in [4.69, 9.17) is 4.74 Å². The smallest absolute Gasteiger partial charge is 0.289 e. The topological polar surface area (TPSA) is 67.4 Å². The molecule has 5 nitrogen and oxygen atoms in total. The SMILES string of the molecule is CC(C)OCC(=O)NCCCCCNC(=O)SS. The van der Waals surface area contributed by atoms with Crippen LogP contribution in [0.25, 0.3) is 0 Å². The van der Waals surface area contributed by atoms with E-state index in [1.165, 1.54) is 0 Å². The van der Waals surface area contributed by atoms with Crippen LogP contribution in [0.4, 0.5) is 4.79 Å². The van der Waals surface area contributed by atoms with Crippen LogP contribution in [-0.4, -0.2) is 36.9 Å². The van der Waals surface area contributed by atoms with Crippen molar-refractivity contribution >= 4 is 33.6 Å². The van der Waals surface area contributed by atoms with Crippen LogP contribution >= 0.6 is 22.5 Å². The second-order valence-corrected chi connectivity index (χ2v) is 5.18. The van der Waals surface area contributed by atoms with Crippen LogP contribution in [0.5, 0.6) is 0 Å². The van der Waals surface area contributed by atoms with Crippen molar-refractivity contribution in [2.45, 2.75) is 39.2 Å². The molecule has 0 spiro atoms. The Hall–Kier alpha value is -0.400. The van der Waals surface area contributed by atoms with Crippen LogP contribution < -0.4 is 10.6 Å². The van der Waals surface area contributed by atoms with Gasteiger partial charge in [0, 0.05) is 23.9 Å². The van der Waals surface area contributed by atoms with E-state index < -0.39 is 0 Å². The van der Waals surface area contributed by atoms with Crippen molar-refractivity contribution in [3.63, 3.8) is 0 Å². The number of amides is 2. The first-order valence-electron chi connectivity index (χ1n) is 6.03. The zero-order valence-electron chi connectivity index (χ0n) is 10.9. The van der Waals surface area contributed by atoms with Crippen LogP contribution in [0, 0.1) is 0 Å². The molecular weight excluding hydrogens is 272 g/mol. The molecule has 0 aromatic heterocycles. The zero-order valence-corrected chi connectivity index (χ0v) is 12.6. The quantitative estimate of drug-likeness (QED) is 0.346. The highest BCUT2D eigenvalue weighted by Crippen LogP contribution is 2.04. The van der Waals surface area contributed by atoms with E-state index in [1.54, 1.807) is 0 Å². The Morgan fingerprint density at radius 3 is 2.33 bits per heavy atom. The maximum atomic E-state index is 11.3. The molecule has 0 unspecified atom stereocenters. The predicted molar refractivity (Wildman–Crippen MR) is 77.9 cm³/mol. The maximum Gasteiger partial charge on any atom is 0.289 e. The normalized spacial score (nSPS) is 10.4. The van der Waals surface area contributed by atoms with Gasteiger partial charge < -0.3 is 15.4 Å². The van der Waals surface area contributed by atoms with Crippen LogP contribution in [0.1, 0.15) is 33.1 Å². The van der Waals surface area contributed by atoms with Crippen molar-refractivity contribution in [3.05, 3.63) is 0 Å². The predicted octanol–water partition coefficient (Wildman–Crippen LogP) is 1.99. The molecule has 0 rings (SSSR count). The zero-order chi connectivity index (χ0) is 13.8. The number of carbonyl (C=O) groups excluding carboxylic acids is 2. The highest BCUT2D eigenvalue weighted by Gasteiger charge is 2.02. The molecule has 106 valence electrons. The summed E-state index contributed by atoms with van der Waals surface area (Å²) >= 11 is 3.78. The van der Waals surface area contributed by atoms with Gasteiger partial charge in [0.15, 0.2) is 0 Å². The van der Waals surface area contributed by atoms with Crippen LogP contribution in [0.3, 0.4) is 0 Å². The van der Waals surface area contributed by atoms with Gasteiger partial charge in [0.25, 0.3) is 5.24 Å². The van der Waals surface area contributed by atoms with E-state index in [2.05, 4.69) is 22.3 Å². The van der Waals surface area contributed by atoms with Crippen molar-refractivity contribution in [2.75, 3.05) is 19.7 Å². The van der Waals surface area contributed by atoms with Crippen LogP contribution in [0.15, 0.2) is 0 Å². The van der Waals surface area contributed by atoms with Gasteiger partial charge in [-0.2, -0.15) is 0 Å². The molecule has 0 radical (unpaired) electrons. The summed E-state index contributed by atoms with van der Waals surface area (Å²) in [7, 11) is 0.878. The third-order valence-corrected chi connectivity index (χ3v) is 2.88. The van der Waals surface area contributed by atoms with Crippen LogP contribution in [0.2, 0.25) is 0 Å². The van der Waals surface area contributed by atoms with Gasteiger partial charge in [-0.15, -0.1) is 11.7 Å². The molecule has 0 fully saturated rings. The van der Waals surface area contributed by atoms with E-state index >= 15 is 0 Å². The van der Waals surface area contributed by atoms with Crippen molar-refractivity contribution in [2.24, 2.45) is 0 Å². The third-order valence-electron chi connectivity index (χ3n) is 2.08. The second kappa shape index (κ2) is 11.7. The minimum Gasteiger partial charge on any atom is -0.369 e. The largest absolute Gasteiger partial charge is 0.369 e. The molecule has 0 aliphatic rings. The Labute approximate surface area is 118 Å². The molecule has 0 heterocycles. The standard InChI is InChI=1S/C11H22N2O3S2/c1-9(2)16-8-10(14)12-6-4-3-5-7-13-11(15)18-17/h9,17H,3-8H2,1-2H3,(H,12,14)(H,13,15). The maximum absolute atomic E-state index is 11.3. The van der Waals surface area contributed by atoms with E-state index in [9.17, 15) is 9.59 Å². The number of thiol groups is 1. The monoisotopic (exact) mass is 294 g/mol. The van der Waals surface area contributed by atoms with Gasteiger partial charge in [0.1, 0.15) is 6.61 Å². The van der Waals surface area contributed by atoms with Gasteiger partial charge in [-0.25, -0.2) is 0 Å². The van der Waals surface area contributed by atoms with E-state index in [0.717, 1.165) is 30.1 Å². The first kappa shape index (κ1) is 17.6. The lowest BCUT2D eigenvalue weighted by atomic mass is 10.2. The summed E-state index contributed by atoms with van der Waals surface area (Å²) in [5.74, 6) is -0.0801. The number of nitrogens with one attached hydrogen (secondary N) is 2. The summed E-state index contributed by atoms with van der Waals surface area (Å²) in [4.78, 5) is 22.1. The molecule has 0 saturated carbocycles. The van der Waals surface area contributed by atoms with Crippen molar-refractivity contribution in [1.82, 2.24) is 10.6 Å². The molecule has 0 bridgehead atoms. The molecule has 0 aliphatic heterocycles. The number of carbonyl (C=O) groups is 2. The minimum absolute atomic E-state index is 0.0732. The van der Waals surface area contributed by atoms with Crippen LogP contribution in [-0.2, 0) is 9.53 Å². The summed E-state index contributed by atoms with van der Waals surface area (Å²) in [6, 6.07) is 0. The Bertz CT molecular complexity index is 250. The second-order valence-electron chi connectivity index (χ2n) is 4.08. The number of hydrogen-bond acceptors (Lipinski definition) is 5. The van der Waals surface area contributed by atoms with Gasteiger partial charge in [0.2, 0.25) is 5.91 Å². The number of ether oxygens (including phenoxy) is 1. The van der Waals surface area contributed by atoms with Gasteiger partial charge in [0.05, 0.1) is 6.10 Å². The summed E-state index contributed by atoms with van der Waals surface area (Å²) < 4.78 is 5.17.